The molecular weight excluding hydrogens is 536 g/mol. The second-order valence-corrected chi connectivity index (χ2v) is 12.2. The van der Waals surface area contributed by atoms with E-state index in [0.29, 0.717) is 13.1 Å². The van der Waals surface area contributed by atoms with Crippen LogP contribution in [-0.4, -0.2) is 55.3 Å². The zero-order valence-electron chi connectivity index (χ0n) is 25.2. The Morgan fingerprint density at radius 3 is 2.44 bits per heavy atom. The SMILES string of the molecule is Cc1cccnc1N(C(c1ccccc1)c1ccc(-c2cnn3cccnc23)cc1)[C@@H]1CCCN(C(=O)OC(C)(C)C)C1. The lowest BCUT2D eigenvalue weighted by Gasteiger charge is -2.44. The third kappa shape index (κ3) is 6.09. The van der Waals surface area contributed by atoms with Crippen molar-refractivity contribution in [1.82, 2.24) is 24.5 Å². The van der Waals surface area contributed by atoms with Crippen molar-refractivity contribution in [3.8, 4) is 11.1 Å². The van der Waals surface area contributed by atoms with Crippen molar-refractivity contribution in [3.63, 3.8) is 0 Å². The van der Waals surface area contributed by atoms with Gasteiger partial charge in [-0.25, -0.2) is 19.3 Å². The topological polar surface area (TPSA) is 75.9 Å². The van der Waals surface area contributed by atoms with Gasteiger partial charge >= 0.3 is 6.09 Å². The van der Waals surface area contributed by atoms with E-state index in [1.54, 1.807) is 10.7 Å². The highest BCUT2D eigenvalue weighted by molar-refractivity contribution is 5.77. The summed E-state index contributed by atoms with van der Waals surface area (Å²) in [7, 11) is 0. The number of hydrogen-bond acceptors (Lipinski definition) is 6. The zero-order valence-corrected chi connectivity index (χ0v) is 25.2. The van der Waals surface area contributed by atoms with Crippen molar-refractivity contribution in [2.24, 2.45) is 0 Å². The molecule has 1 unspecified atom stereocenters. The molecule has 8 nitrogen and oxygen atoms in total. The van der Waals surface area contributed by atoms with Gasteiger partial charge in [-0.3, -0.25) is 0 Å². The van der Waals surface area contributed by atoms with Crippen LogP contribution in [-0.2, 0) is 4.74 Å². The van der Waals surface area contributed by atoms with Gasteiger partial charge < -0.3 is 14.5 Å². The largest absolute Gasteiger partial charge is 0.444 e. The maximum absolute atomic E-state index is 13.2. The number of piperidine rings is 1. The smallest absolute Gasteiger partial charge is 0.410 e. The Balaban J connectivity index is 1.42. The lowest BCUT2D eigenvalue weighted by atomic mass is 9.92. The molecule has 5 aromatic rings. The summed E-state index contributed by atoms with van der Waals surface area (Å²) in [6.07, 6.45) is 8.97. The van der Waals surface area contributed by atoms with Crippen LogP contribution < -0.4 is 4.90 Å². The first kappa shape index (κ1) is 28.4. The second-order valence-electron chi connectivity index (χ2n) is 12.2. The highest BCUT2D eigenvalue weighted by Crippen LogP contribution is 2.38. The van der Waals surface area contributed by atoms with Gasteiger partial charge in [0.1, 0.15) is 11.4 Å². The van der Waals surface area contributed by atoms with Gasteiger partial charge in [0.2, 0.25) is 0 Å². The molecule has 0 N–H and O–H groups in total. The van der Waals surface area contributed by atoms with Crippen molar-refractivity contribution in [2.75, 3.05) is 18.0 Å². The third-order valence-electron chi connectivity index (χ3n) is 7.88. The molecule has 6 rings (SSSR count). The summed E-state index contributed by atoms with van der Waals surface area (Å²) in [5.74, 6) is 0.920. The van der Waals surface area contributed by atoms with E-state index < -0.39 is 5.60 Å². The molecule has 0 saturated carbocycles. The molecular formula is C35H38N6O2. The maximum Gasteiger partial charge on any atom is 0.410 e. The Labute approximate surface area is 253 Å². The van der Waals surface area contributed by atoms with E-state index >= 15 is 0 Å². The van der Waals surface area contributed by atoms with Gasteiger partial charge in [-0.15, -0.1) is 0 Å². The number of carbonyl (C=O) groups is 1. The monoisotopic (exact) mass is 574 g/mol. The number of anilines is 1. The van der Waals surface area contributed by atoms with Gasteiger partial charge in [-0.05, 0) is 74.9 Å². The normalized spacial score (nSPS) is 16.2. The highest BCUT2D eigenvalue weighted by atomic mass is 16.6. The number of likely N-dealkylation sites (tertiary alicyclic amines) is 1. The molecule has 8 heteroatoms. The molecule has 1 aliphatic heterocycles. The van der Waals surface area contributed by atoms with Gasteiger partial charge in [0.25, 0.3) is 0 Å². The minimum atomic E-state index is -0.549. The summed E-state index contributed by atoms with van der Waals surface area (Å²) in [5, 5.41) is 4.48. The molecule has 1 aliphatic rings. The molecule has 4 heterocycles. The standard InChI is InChI=1S/C35H38N6O2/c1-25-11-8-19-36-32(25)41(29-14-9-21-39(24-29)34(42)43-35(2,3)4)31(27-12-6-5-7-13-27)28-17-15-26(16-18-28)30-23-38-40-22-10-20-37-33(30)40/h5-8,10-13,15-20,22-23,29,31H,9,14,21,24H2,1-4H3/t29-,31?/m1/s1. The number of nitrogens with zero attached hydrogens (tertiary/aromatic N) is 6. The lowest BCUT2D eigenvalue weighted by molar-refractivity contribution is 0.0196. The Hall–Kier alpha value is -4.72. The molecule has 3 aromatic heterocycles. The summed E-state index contributed by atoms with van der Waals surface area (Å²) in [4.78, 5) is 26.9. The van der Waals surface area contributed by atoms with E-state index in [1.165, 1.54) is 0 Å². The first-order valence-corrected chi connectivity index (χ1v) is 14.9. The predicted molar refractivity (Wildman–Crippen MR) is 169 cm³/mol. The van der Waals surface area contributed by atoms with Crippen molar-refractivity contribution < 1.29 is 9.53 Å². The Morgan fingerprint density at radius 1 is 0.953 bits per heavy atom. The first-order chi connectivity index (χ1) is 20.8. The predicted octanol–water partition coefficient (Wildman–Crippen LogP) is 7.10. The molecule has 1 saturated heterocycles. The molecule has 1 amide bonds. The van der Waals surface area contributed by atoms with Gasteiger partial charge in [-0.2, -0.15) is 5.10 Å². The fourth-order valence-corrected chi connectivity index (χ4v) is 5.95. The number of carbonyl (C=O) groups excluding carboxylic acids is 1. The molecule has 0 aliphatic carbocycles. The van der Waals surface area contributed by atoms with Crippen LogP contribution in [0.3, 0.4) is 0 Å². The molecule has 0 radical (unpaired) electrons. The average Bonchev–Trinajstić information content (AvgIpc) is 3.44. The zero-order chi connectivity index (χ0) is 30.0. The van der Waals surface area contributed by atoms with Crippen LogP contribution in [0.15, 0.2) is 97.6 Å². The van der Waals surface area contributed by atoms with Crippen LogP contribution in [0.4, 0.5) is 10.6 Å². The summed E-state index contributed by atoms with van der Waals surface area (Å²) >= 11 is 0. The van der Waals surface area contributed by atoms with Crippen molar-refractivity contribution in [1.29, 1.82) is 0 Å². The highest BCUT2D eigenvalue weighted by Gasteiger charge is 2.36. The number of amides is 1. The molecule has 0 spiro atoms. The van der Waals surface area contributed by atoms with E-state index in [9.17, 15) is 4.79 Å². The number of rotatable bonds is 6. The summed E-state index contributed by atoms with van der Waals surface area (Å²) in [5.41, 5.74) is 5.70. The first-order valence-electron chi connectivity index (χ1n) is 14.9. The Bertz CT molecular complexity index is 1690. The number of aromatic nitrogens is 4. The van der Waals surface area contributed by atoms with Crippen LogP contribution in [0.2, 0.25) is 0 Å². The fourth-order valence-electron chi connectivity index (χ4n) is 5.95. The van der Waals surface area contributed by atoms with Crippen LogP contribution >= 0.6 is 0 Å². The number of fused-ring (bicyclic) bond motifs is 1. The van der Waals surface area contributed by atoms with E-state index in [-0.39, 0.29) is 18.2 Å². The van der Waals surface area contributed by atoms with Crippen LogP contribution in [0, 0.1) is 6.92 Å². The molecule has 220 valence electrons. The van der Waals surface area contributed by atoms with Crippen molar-refractivity contribution >= 4 is 17.6 Å². The maximum atomic E-state index is 13.2. The van der Waals surface area contributed by atoms with Crippen LogP contribution in [0.5, 0.6) is 0 Å². The number of benzene rings is 2. The summed E-state index contributed by atoms with van der Waals surface area (Å²) < 4.78 is 7.58. The van der Waals surface area contributed by atoms with Gasteiger partial charge in [-0.1, -0.05) is 60.7 Å². The van der Waals surface area contributed by atoms with Crippen molar-refractivity contribution in [2.45, 2.75) is 58.2 Å². The van der Waals surface area contributed by atoms with E-state index in [1.807, 2.05) is 62.5 Å². The van der Waals surface area contributed by atoms with Crippen LogP contribution in [0.25, 0.3) is 16.8 Å². The van der Waals surface area contributed by atoms with Crippen molar-refractivity contribution in [3.05, 3.63) is 114 Å². The Morgan fingerprint density at radius 2 is 1.70 bits per heavy atom. The minimum Gasteiger partial charge on any atom is -0.444 e. The number of aryl methyl sites for hydroxylation is 1. The Kier molecular flexibility index (Phi) is 7.84. The number of hydrogen-bond donors (Lipinski definition) is 0. The van der Waals surface area contributed by atoms with Gasteiger partial charge in [0.15, 0.2) is 5.65 Å². The quantitative estimate of drug-likeness (QED) is 0.215. The number of ether oxygens (including phenoxy) is 1. The van der Waals surface area contributed by atoms with Crippen LogP contribution in [0.1, 0.15) is 56.3 Å². The van der Waals surface area contributed by atoms with E-state index in [0.717, 1.165) is 52.1 Å². The fraction of sp³-hybridized carbons (Fsp3) is 0.314. The average molecular weight is 575 g/mol. The second kappa shape index (κ2) is 11.9. The molecule has 2 aromatic carbocycles. The molecule has 2 atom stereocenters. The lowest BCUT2D eigenvalue weighted by Crippen LogP contribution is -2.52. The third-order valence-corrected chi connectivity index (χ3v) is 7.88. The number of pyridine rings is 1. The van der Waals surface area contributed by atoms with E-state index in [2.05, 4.69) is 76.5 Å². The summed E-state index contributed by atoms with van der Waals surface area (Å²) in [6.45, 7) is 9.07. The molecule has 43 heavy (non-hydrogen) atoms. The van der Waals surface area contributed by atoms with Gasteiger partial charge in [0.05, 0.1) is 12.2 Å². The minimum absolute atomic E-state index is 0.0311. The summed E-state index contributed by atoms with van der Waals surface area (Å²) in [6, 6.07) is 25.1. The van der Waals surface area contributed by atoms with E-state index in [4.69, 9.17) is 9.72 Å². The molecule has 0 bridgehead atoms. The molecule has 1 fully saturated rings. The van der Waals surface area contributed by atoms with Gasteiger partial charge in [0, 0.05) is 43.3 Å².